The molecule has 5 aromatic carbocycles. The second-order valence-corrected chi connectivity index (χ2v) is 21.1. The maximum atomic E-state index is 13.0. The summed E-state index contributed by atoms with van der Waals surface area (Å²) in [5.74, 6) is 0. The van der Waals surface area contributed by atoms with Gasteiger partial charge in [0.25, 0.3) is 30.1 Å². The van der Waals surface area contributed by atoms with Gasteiger partial charge in [0.1, 0.15) is 0 Å². The average Bonchev–Trinajstić information content (AvgIpc) is 3.68. The fraction of sp³-hybridized carbons (Fsp3) is 0.268. The van der Waals surface area contributed by atoms with Crippen molar-refractivity contribution in [1.29, 1.82) is 0 Å². The number of sulfonamides is 4. The van der Waals surface area contributed by atoms with Gasteiger partial charge in [0.05, 0.1) is 43.7 Å². The highest BCUT2D eigenvalue weighted by molar-refractivity contribution is 7.93. The molecule has 0 atom stereocenters. The number of anilines is 6. The molecule has 63 heavy (non-hydrogen) atoms. The molecule has 2 aliphatic rings. The van der Waals surface area contributed by atoms with Gasteiger partial charge in [-0.25, -0.2) is 33.7 Å². The summed E-state index contributed by atoms with van der Waals surface area (Å²) in [5.41, 5.74) is 2.62. The number of hydrogen-bond donors (Lipinski definition) is 6. The van der Waals surface area contributed by atoms with Crippen LogP contribution in [-0.4, -0.2) is 92.3 Å². The van der Waals surface area contributed by atoms with Crippen LogP contribution in [0.4, 0.5) is 34.1 Å². The molecule has 16 nitrogen and oxygen atoms in total. The van der Waals surface area contributed by atoms with Gasteiger partial charge >= 0.3 is 0 Å². The van der Waals surface area contributed by atoms with Crippen LogP contribution in [0, 0.1) is 0 Å². The van der Waals surface area contributed by atoms with Gasteiger partial charge in [-0.2, -0.15) is 0 Å². The van der Waals surface area contributed by atoms with Crippen LogP contribution in [0.3, 0.4) is 0 Å². The zero-order valence-electron chi connectivity index (χ0n) is 34.3. The van der Waals surface area contributed by atoms with Crippen molar-refractivity contribution in [1.82, 2.24) is 10.6 Å². The summed E-state index contributed by atoms with van der Waals surface area (Å²) in [7, 11) is -15.3. The van der Waals surface area contributed by atoms with Crippen molar-refractivity contribution in [2.24, 2.45) is 0 Å². The molecule has 5 aromatic rings. The zero-order chi connectivity index (χ0) is 43.5. The Hall–Kier alpha value is -4.80. The molecule has 0 saturated carbocycles. The van der Waals surface area contributed by atoms with Gasteiger partial charge in [-0.1, -0.05) is 54.6 Å². The van der Waals surface area contributed by atoms with Crippen LogP contribution < -0.4 is 39.3 Å². The number of halogens is 2. The Morgan fingerprint density at radius 2 is 0.810 bits per heavy atom. The summed E-state index contributed by atoms with van der Waals surface area (Å²) < 4.78 is 111. The van der Waals surface area contributed by atoms with Crippen molar-refractivity contribution < 1.29 is 33.7 Å². The number of nitrogens with zero attached hydrogens (tertiary/aromatic N) is 2. The van der Waals surface area contributed by atoms with Gasteiger partial charge in [-0.3, -0.25) is 18.9 Å². The van der Waals surface area contributed by atoms with E-state index >= 15 is 0 Å². The van der Waals surface area contributed by atoms with Crippen molar-refractivity contribution in [3.8, 4) is 0 Å². The van der Waals surface area contributed by atoms with Crippen molar-refractivity contribution in [3.05, 3.63) is 127 Å². The molecule has 6 N–H and O–H groups in total. The van der Waals surface area contributed by atoms with Crippen LogP contribution in [0.5, 0.6) is 0 Å². The topological polar surface area (TPSA) is 215 Å². The molecule has 2 heterocycles. The predicted octanol–water partition coefficient (Wildman–Crippen LogP) is 5.59. The Morgan fingerprint density at radius 3 is 1.22 bits per heavy atom. The highest BCUT2D eigenvalue weighted by atomic mass is 35.5. The van der Waals surface area contributed by atoms with Crippen LogP contribution in [-0.2, 0) is 40.1 Å². The fourth-order valence-corrected chi connectivity index (χ4v) is 10.5. The van der Waals surface area contributed by atoms with Crippen LogP contribution >= 0.6 is 24.8 Å². The van der Waals surface area contributed by atoms with Crippen LogP contribution in [0.25, 0.3) is 0 Å². The fourth-order valence-electron chi connectivity index (χ4n) is 6.70. The minimum atomic E-state index is -3.93. The van der Waals surface area contributed by atoms with E-state index in [-0.39, 0.29) is 50.9 Å². The number of benzene rings is 5. The molecule has 0 aromatic heterocycles. The quantitative estimate of drug-likeness (QED) is 0.0852. The van der Waals surface area contributed by atoms with Gasteiger partial charge in [0, 0.05) is 50.6 Å². The number of para-hydroxylation sites is 2. The van der Waals surface area contributed by atoms with E-state index < -0.39 is 40.1 Å². The van der Waals surface area contributed by atoms with Crippen LogP contribution in [0.15, 0.2) is 142 Å². The van der Waals surface area contributed by atoms with E-state index in [1.54, 1.807) is 91.0 Å². The summed E-state index contributed by atoms with van der Waals surface area (Å²) in [6, 6.07) is 34.1. The Labute approximate surface area is 383 Å². The third-order valence-corrected chi connectivity index (χ3v) is 14.3. The van der Waals surface area contributed by atoms with E-state index in [4.69, 9.17) is 0 Å². The molecule has 0 bridgehead atoms. The summed E-state index contributed by atoms with van der Waals surface area (Å²) in [5, 5.41) is 6.61. The second kappa shape index (κ2) is 22.7. The molecule has 0 spiro atoms. The Morgan fingerprint density at radius 1 is 0.429 bits per heavy atom. The van der Waals surface area contributed by atoms with Gasteiger partial charge in [-0.05, 0) is 98.7 Å². The molecular formula is C41H52Cl2N8O8S4. The molecule has 2 saturated heterocycles. The number of rotatable bonds is 13. The highest BCUT2D eigenvalue weighted by Gasteiger charge is 2.24. The molecule has 342 valence electrons. The Bertz CT molecular complexity index is 2690. The lowest BCUT2D eigenvalue weighted by Crippen LogP contribution is -2.29. The molecular weight excluding hydrogens is 932 g/mol. The molecule has 2 fully saturated rings. The van der Waals surface area contributed by atoms with Crippen molar-refractivity contribution in [2.45, 2.75) is 27.5 Å². The van der Waals surface area contributed by atoms with E-state index in [0.717, 1.165) is 58.4 Å². The largest absolute Gasteiger partial charge is 0.369 e. The minimum absolute atomic E-state index is 0. The standard InChI is InChI=1S/C23H26N4O4S2.C18H24N4O4S2.2ClH/c28-32(29,20-10-5-2-6-11-20)26-22-18-21(33(30,31)25-19-8-3-1-4-9-19)12-13-23(22)27-16-7-14-24-15-17-27;1-27(23,24)21-17-14-16(28(25,26)20-15-6-3-2-4-7-15)8-9-18(17)22-12-5-10-19-11-13-22;;/h1-6,8-13,18,24-26H,7,14-17H2;2-4,6-9,14,19-21H,5,10-13H2,1H3;2*1H. The predicted molar refractivity (Wildman–Crippen MR) is 257 cm³/mol. The molecule has 7 rings (SSSR count). The van der Waals surface area contributed by atoms with Gasteiger partial charge in [-0.15, -0.1) is 24.8 Å². The first-order valence-electron chi connectivity index (χ1n) is 19.5. The number of nitrogens with one attached hydrogen (secondary N) is 6. The van der Waals surface area contributed by atoms with Crippen LogP contribution in [0.1, 0.15) is 12.8 Å². The smallest absolute Gasteiger partial charge is 0.261 e. The normalized spacial score (nSPS) is 14.8. The van der Waals surface area contributed by atoms with Gasteiger partial charge in [0.15, 0.2) is 0 Å². The first kappa shape index (κ1) is 50.8. The lowest BCUT2D eigenvalue weighted by atomic mass is 10.2. The Kier molecular flexibility index (Phi) is 18.3. The summed E-state index contributed by atoms with van der Waals surface area (Å²) in [6.45, 7) is 6.13. The molecule has 0 aliphatic carbocycles. The summed E-state index contributed by atoms with van der Waals surface area (Å²) in [6.07, 6.45) is 2.85. The molecule has 0 radical (unpaired) electrons. The van der Waals surface area contributed by atoms with Gasteiger partial charge in [0.2, 0.25) is 10.0 Å². The third-order valence-electron chi connectivity index (χ3n) is 9.56. The van der Waals surface area contributed by atoms with E-state index in [0.29, 0.717) is 35.8 Å². The SMILES string of the molecule is CS(=O)(=O)Nc1cc(S(=O)(=O)Nc2ccccc2)ccc1N1CCCNCC1.Cl.Cl.O=S(=O)(Nc1ccccc1)c1ccc(N2CCCNCC2)c(NS(=O)(=O)c2ccccc2)c1. The van der Waals surface area contributed by atoms with E-state index in [2.05, 4.69) is 39.3 Å². The van der Waals surface area contributed by atoms with E-state index in [1.165, 1.54) is 36.4 Å². The molecule has 2 aliphatic heterocycles. The van der Waals surface area contributed by atoms with E-state index in [1.807, 2.05) is 0 Å². The lowest BCUT2D eigenvalue weighted by Gasteiger charge is -2.26. The van der Waals surface area contributed by atoms with Crippen molar-refractivity contribution in [3.63, 3.8) is 0 Å². The second-order valence-electron chi connectivity index (χ2n) is 14.3. The van der Waals surface area contributed by atoms with E-state index in [9.17, 15) is 33.7 Å². The molecule has 0 unspecified atom stereocenters. The number of hydrogen-bond acceptors (Lipinski definition) is 12. The monoisotopic (exact) mass is 982 g/mol. The maximum Gasteiger partial charge on any atom is 0.261 e. The lowest BCUT2D eigenvalue weighted by molar-refractivity contribution is 0.598. The third kappa shape index (κ3) is 14.6. The van der Waals surface area contributed by atoms with Crippen LogP contribution in [0.2, 0.25) is 0 Å². The summed E-state index contributed by atoms with van der Waals surface area (Å²) >= 11 is 0. The highest BCUT2D eigenvalue weighted by Crippen LogP contribution is 2.33. The first-order chi connectivity index (χ1) is 29.1. The molecule has 22 heteroatoms. The summed E-state index contributed by atoms with van der Waals surface area (Å²) in [4.78, 5) is 4.16. The minimum Gasteiger partial charge on any atom is -0.369 e. The van der Waals surface area contributed by atoms with Gasteiger partial charge < -0.3 is 20.4 Å². The average molecular weight is 984 g/mol. The van der Waals surface area contributed by atoms with Crippen molar-refractivity contribution in [2.75, 3.05) is 87.3 Å². The molecule has 0 amide bonds. The zero-order valence-corrected chi connectivity index (χ0v) is 39.2. The Balaban J connectivity index is 0.000000272. The first-order valence-corrected chi connectivity index (χ1v) is 25.8. The van der Waals surface area contributed by atoms with Crippen molar-refractivity contribution >= 4 is 99.0 Å². The maximum absolute atomic E-state index is 13.0.